The van der Waals surface area contributed by atoms with Crippen LogP contribution in [-0.2, 0) is 6.18 Å². The van der Waals surface area contributed by atoms with Crippen LogP contribution in [0.25, 0.3) is 11.0 Å². The number of nitrogens with zero attached hydrogens (tertiary/aromatic N) is 3. The third-order valence-electron chi connectivity index (χ3n) is 5.47. The summed E-state index contributed by atoms with van der Waals surface area (Å²) in [7, 11) is 0. The maximum absolute atomic E-state index is 13.2. The zero-order valence-corrected chi connectivity index (χ0v) is 16.3. The highest BCUT2D eigenvalue weighted by atomic mass is 19.4. The van der Waals surface area contributed by atoms with Crippen molar-refractivity contribution >= 4 is 22.6 Å². The Kier molecular flexibility index (Phi) is 5.50. The summed E-state index contributed by atoms with van der Waals surface area (Å²) in [5.41, 5.74) is 0.658. The van der Waals surface area contributed by atoms with Crippen molar-refractivity contribution in [3.63, 3.8) is 0 Å². The predicted molar refractivity (Wildman–Crippen MR) is 107 cm³/mol. The van der Waals surface area contributed by atoms with Gasteiger partial charge in [0.15, 0.2) is 0 Å². The molecule has 2 heterocycles. The first-order valence-electron chi connectivity index (χ1n) is 9.82. The maximum atomic E-state index is 13.2. The van der Waals surface area contributed by atoms with Crippen LogP contribution >= 0.6 is 0 Å². The Morgan fingerprint density at radius 2 is 1.90 bits per heavy atom. The van der Waals surface area contributed by atoms with Crippen LogP contribution in [0.5, 0.6) is 0 Å². The molecule has 0 unspecified atom stereocenters. The Bertz CT molecular complexity index is 1140. The highest BCUT2D eigenvalue weighted by Crippen LogP contribution is 2.34. The first kappa shape index (κ1) is 20.7. The molecule has 31 heavy (non-hydrogen) atoms. The van der Waals surface area contributed by atoms with Gasteiger partial charge in [-0.05, 0) is 49.9 Å². The topological polar surface area (TPSA) is 106 Å². The number of benzene rings is 1. The lowest BCUT2D eigenvalue weighted by atomic mass is 9.90. The second-order valence-electron chi connectivity index (χ2n) is 7.53. The van der Waals surface area contributed by atoms with Crippen molar-refractivity contribution in [2.75, 3.05) is 5.32 Å². The number of alkyl halides is 3. The van der Waals surface area contributed by atoms with Gasteiger partial charge in [0.25, 0.3) is 5.91 Å². The van der Waals surface area contributed by atoms with E-state index < -0.39 is 17.3 Å². The minimum atomic E-state index is -4.59. The van der Waals surface area contributed by atoms with Gasteiger partial charge >= 0.3 is 6.18 Å². The van der Waals surface area contributed by atoms with Gasteiger partial charge in [-0.1, -0.05) is 0 Å². The predicted octanol–water partition coefficient (Wildman–Crippen LogP) is 4.00. The van der Waals surface area contributed by atoms with E-state index in [0.29, 0.717) is 48.0 Å². The Balaban J connectivity index is 1.36. The molecule has 1 aliphatic rings. The van der Waals surface area contributed by atoms with Crippen LogP contribution < -0.4 is 10.6 Å². The SMILES string of the molecule is N#Cc1ccc(NC2CCC(NC(=O)c3ccnc4cn[nH]c34)CC2)cc1C(F)(F)F. The molecule has 7 nitrogen and oxygen atoms in total. The van der Waals surface area contributed by atoms with Crippen molar-refractivity contribution in [2.45, 2.75) is 43.9 Å². The number of pyridine rings is 1. The van der Waals surface area contributed by atoms with Crippen molar-refractivity contribution in [1.82, 2.24) is 20.5 Å². The van der Waals surface area contributed by atoms with Crippen LogP contribution in [-0.4, -0.2) is 33.2 Å². The van der Waals surface area contributed by atoms with E-state index in [1.807, 2.05) is 0 Å². The van der Waals surface area contributed by atoms with E-state index in [1.54, 1.807) is 24.5 Å². The molecule has 4 rings (SSSR count). The Hall–Kier alpha value is -3.61. The number of fused-ring (bicyclic) bond motifs is 1. The van der Waals surface area contributed by atoms with Gasteiger partial charge in [0.1, 0.15) is 5.52 Å². The lowest BCUT2D eigenvalue weighted by molar-refractivity contribution is -0.137. The van der Waals surface area contributed by atoms with Crippen molar-refractivity contribution in [1.29, 1.82) is 5.26 Å². The van der Waals surface area contributed by atoms with Gasteiger partial charge in [-0.15, -0.1) is 0 Å². The summed E-state index contributed by atoms with van der Waals surface area (Å²) in [6, 6.07) is 6.82. The van der Waals surface area contributed by atoms with Crippen molar-refractivity contribution < 1.29 is 18.0 Å². The molecule has 0 radical (unpaired) electrons. The molecule has 1 saturated carbocycles. The molecule has 2 aromatic heterocycles. The first-order chi connectivity index (χ1) is 14.8. The fourth-order valence-corrected chi connectivity index (χ4v) is 3.89. The van der Waals surface area contributed by atoms with E-state index >= 15 is 0 Å². The number of H-pyrrole nitrogens is 1. The maximum Gasteiger partial charge on any atom is 0.417 e. The highest BCUT2D eigenvalue weighted by Gasteiger charge is 2.34. The molecule has 0 bridgehead atoms. The van der Waals surface area contributed by atoms with E-state index in [4.69, 9.17) is 5.26 Å². The molecule has 1 amide bonds. The summed E-state index contributed by atoms with van der Waals surface area (Å²) in [4.78, 5) is 16.8. The number of nitrogens with one attached hydrogen (secondary N) is 3. The summed E-state index contributed by atoms with van der Waals surface area (Å²) in [6.07, 6.45) is 1.31. The molecular formula is C21H19F3N6O. The van der Waals surface area contributed by atoms with E-state index in [-0.39, 0.29) is 18.0 Å². The second kappa shape index (κ2) is 8.26. The molecule has 1 aliphatic carbocycles. The molecule has 0 aliphatic heterocycles. The third kappa shape index (κ3) is 4.45. The number of anilines is 1. The van der Waals surface area contributed by atoms with Gasteiger partial charge in [-0.3, -0.25) is 14.9 Å². The quantitative estimate of drug-likeness (QED) is 0.582. The number of amides is 1. The average Bonchev–Trinajstić information content (AvgIpc) is 3.23. The van der Waals surface area contributed by atoms with Gasteiger partial charge in [-0.25, -0.2) is 0 Å². The third-order valence-corrected chi connectivity index (χ3v) is 5.47. The smallest absolute Gasteiger partial charge is 0.382 e. The second-order valence-corrected chi connectivity index (χ2v) is 7.53. The summed E-state index contributed by atoms with van der Waals surface area (Å²) >= 11 is 0. The largest absolute Gasteiger partial charge is 0.417 e. The van der Waals surface area contributed by atoms with Crippen LogP contribution in [0.3, 0.4) is 0 Å². The van der Waals surface area contributed by atoms with Crippen LogP contribution in [0.2, 0.25) is 0 Å². The molecule has 0 atom stereocenters. The number of carbonyl (C=O) groups excluding carboxylic acids is 1. The molecule has 3 N–H and O–H groups in total. The van der Waals surface area contributed by atoms with Gasteiger partial charge in [0, 0.05) is 24.0 Å². The number of halogens is 3. The van der Waals surface area contributed by atoms with Crippen LogP contribution in [0.4, 0.5) is 18.9 Å². The van der Waals surface area contributed by atoms with Crippen molar-refractivity contribution in [3.8, 4) is 6.07 Å². The van der Waals surface area contributed by atoms with Gasteiger partial charge in [0.2, 0.25) is 0 Å². The van der Waals surface area contributed by atoms with Gasteiger partial charge < -0.3 is 10.6 Å². The molecule has 10 heteroatoms. The van der Waals surface area contributed by atoms with E-state index in [0.717, 1.165) is 6.07 Å². The number of rotatable bonds is 4. The minimum absolute atomic E-state index is 0.0117. The van der Waals surface area contributed by atoms with Crippen LogP contribution in [0, 0.1) is 11.3 Å². The van der Waals surface area contributed by atoms with Crippen LogP contribution in [0.15, 0.2) is 36.7 Å². The summed E-state index contributed by atoms with van der Waals surface area (Å²) in [6.45, 7) is 0. The average molecular weight is 428 g/mol. The molecule has 0 spiro atoms. The standard InChI is InChI=1S/C21H19F3N6O/c22-21(23,24)17-9-15(2-1-12(17)10-25)28-13-3-5-14(6-4-13)29-20(31)16-7-8-26-18-11-27-30-19(16)18/h1-2,7-9,11,13-14,28H,3-6H2,(H,27,30)(H,29,31). The first-order valence-corrected chi connectivity index (χ1v) is 9.82. The Labute approximate surface area is 175 Å². The fourth-order valence-electron chi connectivity index (χ4n) is 3.89. The van der Waals surface area contributed by atoms with Gasteiger partial charge in [-0.2, -0.15) is 23.5 Å². The zero-order valence-electron chi connectivity index (χ0n) is 16.3. The number of aromatic nitrogens is 3. The lowest BCUT2D eigenvalue weighted by Gasteiger charge is -2.30. The van der Waals surface area contributed by atoms with Crippen molar-refractivity contribution in [2.24, 2.45) is 0 Å². The molecular weight excluding hydrogens is 409 g/mol. The molecule has 1 fully saturated rings. The van der Waals surface area contributed by atoms with Gasteiger partial charge in [0.05, 0.1) is 34.5 Å². The number of hydrogen-bond donors (Lipinski definition) is 3. The summed E-state index contributed by atoms with van der Waals surface area (Å²) in [5, 5.41) is 21.7. The number of aromatic amines is 1. The number of nitriles is 1. The Morgan fingerprint density at radius 1 is 1.16 bits per heavy atom. The number of hydrogen-bond acceptors (Lipinski definition) is 5. The monoisotopic (exact) mass is 428 g/mol. The van der Waals surface area contributed by atoms with E-state index in [2.05, 4.69) is 25.8 Å². The Morgan fingerprint density at radius 3 is 2.61 bits per heavy atom. The lowest BCUT2D eigenvalue weighted by Crippen LogP contribution is -2.40. The van der Waals surface area contributed by atoms with Crippen LogP contribution in [0.1, 0.15) is 47.2 Å². The normalized spacial score (nSPS) is 19.0. The highest BCUT2D eigenvalue weighted by molar-refractivity contribution is 6.04. The number of carbonyl (C=O) groups is 1. The van der Waals surface area contributed by atoms with E-state index in [1.165, 1.54) is 12.1 Å². The zero-order chi connectivity index (χ0) is 22.0. The molecule has 3 aromatic rings. The fraction of sp³-hybridized carbons (Fsp3) is 0.333. The summed E-state index contributed by atoms with van der Waals surface area (Å²) in [5.74, 6) is -0.213. The van der Waals surface area contributed by atoms with E-state index in [9.17, 15) is 18.0 Å². The molecule has 0 saturated heterocycles. The summed E-state index contributed by atoms with van der Waals surface area (Å²) < 4.78 is 39.5. The minimum Gasteiger partial charge on any atom is -0.382 e. The molecule has 1 aromatic carbocycles. The van der Waals surface area contributed by atoms with Crippen molar-refractivity contribution in [3.05, 3.63) is 53.3 Å². The molecule has 160 valence electrons.